The molecule has 4 atom stereocenters. The van der Waals surface area contributed by atoms with E-state index in [4.69, 9.17) is 0 Å². The van der Waals surface area contributed by atoms with Gasteiger partial charge in [0.15, 0.2) is 0 Å². The maximum absolute atomic E-state index is 12.6. The van der Waals surface area contributed by atoms with Gasteiger partial charge in [-0.25, -0.2) is 0 Å². The Morgan fingerprint density at radius 3 is 2.26 bits per heavy atom. The maximum Gasteiger partial charge on any atom is 0.254 e. The Morgan fingerprint density at radius 2 is 1.74 bits per heavy atom. The van der Waals surface area contributed by atoms with Gasteiger partial charge in [-0.15, -0.1) is 0 Å². The number of carbonyl (C=O) groups excluding carboxylic acids is 2. The van der Waals surface area contributed by atoms with Crippen LogP contribution in [-0.2, 0) is 9.59 Å². The van der Waals surface area contributed by atoms with E-state index in [1.54, 1.807) is 6.21 Å². The van der Waals surface area contributed by atoms with Crippen LogP contribution in [0.25, 0.3) is 0 Å². The topological polar surface area (TPSA) is 49.7 Å². The summed E-state index contributed by atoms with van der Waals surface area (Å²) in [4.78, 5) is 25.3. The van der Waals surface area contributed by atoms with Gasteiger partial charge >= 0.3 is 0 Å². The van der Waals surface area contributed by atoms with Gasteiger partial charge in [0.2, 0.25) is 0 Å². The van der Waals surface area contributed by atoms with E-state index in [1.807, 2.05) is 25.1 Å². The van der Waals surface area contributed by atoms with E-state index in [2.05, 4.69) is 33.2 Å². The van der Waals surface area contributed by atoms with Crippen LogP contribution in [0.2, 0.25) is 0 Å². The second-order valence-electron chi connectivity index (χ2n) is 6.58. The van der Waals surface area contributed by atoms with Crippen LogP contribution in [0.15, 0.2) is 39.9 Å². The highest BCUT2D eigenvalue weighted by Crippen LogP contribution is 2.49. The molecule has 0 spiro atoms. The van der Waals surface area contributed by atoms with Gasteiger partial charge in [0.05, 0.1) is 18.1 Å². The number of hydrazone groups is 1. The Balaban J connectivity index is 1.60. The number of benzene rings is 1. The third-order valence-electron chi connectivity index (χ3n) is 5.25. The molecule has 0 unspecified atom stereocenters. The van der Waals surface area contributed by atoms with Crippen molar-refractivity contribution in [2.24, 2.45) is 28.8 Å². The lowest BCUT2D eigenvalue weighted by Gasteiger charge is -2.37. The van der Waals surface area contributed by atoms with Crippen molar-refractivity contribution < 1.29 is 9.59 Å². The Hall–Kier alpha value is -1.75. The Morgan fingerprint density at radius 1 is 1.13 bits per heavy atom. The van der Waals surface area contributed by atoms with Crippen molar-refractivity contribution in [3.8, 4) is 0 Å². The van der Waals surface area contributed by atoms with Gasteiger partial charge in [-0.05, 0) is 48.8 Å². The molecule has 5 rings (SSSR count). The summed E-state index contributed by atoms with van der Waals surface area (Å²) in [5.41, 5.74) is 1.99. The standard InChI is InChI=1S/C18H17BrN2O2/c1-10-2-3-11(8-14(10)19)9-20-21-17(22)15-12-4-5-13(7-6-12)16(15)18(21)23/h2-5,8-9,12-13,15-16H,6-7H2,1H3/b20-9-/t12-,13-,15-,16-/m0/s1. The van der Waals surface area contributed by atoms with Gasteiger partial charge in [0, 0.05) is 4.47 Å². The van der Waals surface area contributed by atoms with Crippen LogP contribution in [0.4, 0.5) is 0 Å². The SMILES string of the molecule is Cc1ccc(/C=N\N2C(=O)[C@@H]3[C@@H](C2=O)[C@H]2C=C[C@H]3CC2)cc1Br. The van der Waals surface area contributed by atoms with Gasteiger partial charge in [0.25, 0.3) is 11.8 Å². The first kappa shape index (κ1) is 14.8. The number of rotatable bonds is 2. The van der Waals surface area contributed by atoms with Crippen LogP contribution >= 0.6 is 15.9 Å². The summed E-state index contributed by atoms with van der Waals surface area (Å²) in [6.45, 7) is 2.01. The molecule has 1 heterocycles. The van der Waals surface area contributed by atoms with Gasteiger partial charge < -0.3 is 0 Å². The first-order chi connectivity index (χ1) is 11.1. The van der Waals surface area contributed by atoms with Crippen molar-refractivity contribution in [3.63, 3.8) is 0 Å². The molecule has 4 aliphatic rings. The molecule has 118 valence electrons. The third-order valence-corrected chi connectivity index (χ3v) is 6.11. The summed E-state index contributed by atoms with van der Waals surface area (Å²) < 4.78 is 0.983. The quantitative estimate of drug-likeness (QED) is 0.454. The first-order valence-corrected chi connectivity index (χ1v) is 8.72. The lowest BCUT2D eigenvalue weighted by atomic mass is 9.63. The van der Waals surface area contributed by atoms with Crippen LogP contribution in [-0.4, -0.2) is 23.0 Å². The zero-order valence-corrected chi connectivity index (χ0v) is 14.4. The van der Waals surface area contributed by atoms with E-state index in [1.165, 1.54) is 0 Å². The van der Waals surface area contributed by atoms with Gasteiger partial charge in [-0.3, -0.25) is 9.59 Å². The number of nitrogens with zero attached hydrogens (tertiary/aromatic N) is 2. The first-order valence-electron chi connectivity index (χ1n) is 7.92. The predicted octanol–water partition coefficient (Wildman–Crippen LogP) is 3.29. The van der Waals surface area contributed by atoms with Gasteiger partial charge in [-0.1, -0.05) is 40.2 Å². The summed E-state index contributed by atoms with van der Waals surface area (Å²) >= 11 is 3.48. The number of hydrogen-bond donors (Lipinski definition) is 0. The highest BCUT2D eigenvalue weighted by molar-refractivity contribution is 9.10. The highest BCUT2D eigenvalue weighted by atomic mass is 79.9. The summed E-state index contributed by atoms with van der Waals surface area (Å²) in [6, 6.07) is 5.83. The molecule has 23 heavy (non-hydrogen) atoms. The summed E-state index contributed by atoms with van der Waals surface area (Å²) in [5, 5.41) is 5.31. The number of hydrogen-bond acceptors (Lipinski definition) is 3. The third kappa shape index (κ3) is 2.29. The number of halogens is 1. The van der Waals surface area contributed by atoms with Crippen LogP contribution in [0.3, 0.4) is 0 Å². The number of aryl methyl sites for hydroxylation is 1. The molecule has 1 saturated carbocycles. The van der Waals surface area contributed by atoms with Crippen molar-refractivity contribution >= 4 is 34.0 Å². The Kier molecular flexibility index (Phi) is 3.48. The highest BCUT2D eigenvalue weighted by Gasteiger charge is 2.56. The molecule has 2 bridgehead atoms. The Labute approximate surface area is 143 Å². The number of fused-ring (bicyclic) bond motifs is 1. The predicted molar refractivity (Wildman–Crippen MR) is 90.7 cm³/mol. The maximum atomic E-state index is 12.6. The van der Waals surface area contributed by atoms with Crippen molar-refractivity contribution in [2.75, 3.05) is 0 Å². The molecular weight excluding hydrogens is 356 g/mol. The molecule has 2 amide bonds. The Bertz CT molecular complexity index is 723. The van der Waals surface area contributed by atoms with Crippen molar-refractivity contribution in [1.82, 2.24) is 5.01 Å². The largest absolute Gasteiger partial charge is 0.272 e. The van der Waals surface area contributed by atoms with Gasteiger partial charge in [-0.2, -0.15) is 10.1 Å². The molecule has 1 saturated heterocycles. The molecule has 4 nitrogen and oxygen atoms in total. The summed E-state index contributed by atoms with van der Waals surface area (Å²) in [6.07, 6.45) is 7.83. The lowest BCUT2D eigenvalue weighted by molar-refractivity contribution is -0.140. The minimum Gasteiger partial charge on any atom is -0.272 e. The molecule has 2 fully saturated rings. The van der Waals surface area contributed by atoms with E-state index in [0.717, 1.165) is 33.5 Å². The molecule has 5 heteroatoms. The molecule has 0 N–H and O–H groups in total. The average Bonchev–Trinajstić information content (AvgIpc) is 2.83. The number of amides is 2. The van der Waals surface area contributed by atoms with Crippen LogP contribution < -0.4 is 0 Å². The zero-order chi connectivity index (χ0) is 16.1. The van der Waals surface area contributed by atoms with Gasteiger partial charge in [0.1, 0.15) is 0 Å². The molecule has 1 aromatic carbocycles. The van der Waals surface area contributed by atoms with E-state index in [-0.39, 0.29) is 35.5 Å². The molecule has 1 aromatic rings. The zero-order valence-electron chi connectivity index (χ0n) is 12.8. The summed E-state index contributed by atoms with van der Waals surface area (Å²) in [7, 11) is 0. The minimum absolute atomic E-state index is 0.138. The smallest absolute Gasteiger partial charge is 0.254 e. The van der Waals surface area contributed by atoms with E-state index < -0.39 is 0 Å². The fraction of sp³-hybridized carbons (Fsp3) is 0.389. The monoisotopic (exact) mass is 372 g/mol. The number of allylic oxidation sites excluding steroid dienone is 2. The molecule has 0 radical (unpaired) electrons. The van der Waals surface area contributed by atoms with E-state index in [0.29, 0.717) is 0 Å². The van der Waals surface area contributed by atoms with Crippen LogP contribution in [0.1, 0.15) is 24.0 Å². The number of imide groups is 1. The van der Waals surface area contributed by atoms with Crippen LogP contribution in [0, 0.1) is 30.6 Å². The average molecular weight is 373 g/mol. The van der Waals surface area contributed by atoms with Crippen molar-refractivity contribution in [1.29, 1.82) is 0 Å². The number of carbonyl (C=O) groups is 2. The fourth-order valence-corrected chi connectivity index (χ4v) is 4.38. The fourth-order valence-electron chi connectivity index (χ4n) is 3.99. The summed E-state index contributed by atoms with van der Waals surface area (Å²) in [5.74, 6) is -0.269. The molecule has 1 aliphatic heterocycles. The van der Waals surface area contributed by atoms with Crippen molar-refractivity contribution in [2.45, 2.75) is 19.8 Å². The van der Waals surface area contributed by atoms with Crippen LogP contribution in [0.5, 0.6) is 0 Å². The molecule has 0 aromatic heterocycles. The van der Waals surface area contributed by atoms with E-state index in [9.17, 15) is 9.59 Å². The molecule has 3 aliphatic carbocycles. The second-order valence-corrected chi connectivity index (χ2v) is 7.44. The lowest BCUT2D eigenvalue weighted by Crippen LogP contribution is -2.38. The van der Waals surface area contributed by atoms with E-state index >= 15 is 0 Å². The molecular formula is C18H17BrN2O2. The van der Waals surface area contributed by atoms with Crippen molar-refractivity contribution in [3.05, 3.63) is 46.0 Å². The second kappa shape index (κ2) is 5.41. The minimum atomic E-state index is -0.201. The normalized spacial score (nSPS) is 32.2.